The van der Waals surface area contributed by atoms with Gasteiger partial charge in [0.15, 0.2) is 11.5 Å². The highest BCUT2D eigenvalue weighted by Crippen LogP contribution is 2.32. The van der Waals surface area contributed by atoms with Crippen LogP contribution in [-0.2, 0) is 16.1 Å². The molecule has 2 bridgehead atoms. The number of methoxy groups -OCH3 is 1. The van der Waals surface area contributed by atoms with Gasteiger partial charge in [-0.05, 0) is 56.2 Å². The second-order valence-corrected chi connectivity index (χ2v) is 11.1. The number of hydrogen-bond donors (Lipinski definition) is 2. The zero-order chi connectivity index (χ0) is 31.4. The Bertz CT molecular complexity index is 1700. The molecule has 3 amide bonds. The average molecular weight is 600 g/mol. The summed E-state index contributed by atoms with van der Waals surface area (Å²) in [6.07, 6.45) is 3.54. The molecule has 12 heteroatoms. The predicted octanol–water partition coefficient (Wildman–Crippen LogP) is 2.91. The molecule has 5 rings (SSSR count). The van der Waals surface area contributed by atoms with Crippen LogP contribution in [0.1, 0.15) is 35.6 Å². The van der Waals surface area contributed by atoms with Crippen LogP contribution in [-0.4, -0.2) is 81.5 Å². The van der Waals surface area contributed by atoms with Gasteiger partial charge < -0.3 is 29.6 Å². The number of aryl methyl sites for hydroxylation is 2. The number of imidazole rings is 1. The SMILES string of the molecule is COc1ccc2cc1OCCN(C(=O)c1ccc3nc(C)c(C)nc3c1)CC(=O)N[C@H](C(C)C)C(=O)NCCn1ccnc1-2. The van der Waals surface area contributed by atoms with E-state index in [0.717, 1.165) is 17.0 Å². The molecule has 4 aromatic rings. The molecular formula is C32H37N7O5. The van der Waals surface area contributed by atoms with Crippen molar-refractivity contribution in [3.05, 3.63) is 65.7 Å². The maximum Gasteiger partial charge on any atom is 0.254 e. The van der Waals surface area contributed by atoms with E-state index in [9.17, 15) is 14.4 Å². The van der Waals surface area contributed by atoms with Crippen LogP contribution >= 0.6 is 0 Å². The Balaban J connectivity index is 1.48. The number of rotatable bonds is 3. The van der Waals surface area contributed by atoms with Gasteiger partial charge in [-0.2, -0.15) is 0 Å². The number of carbonyl (C=O) groups excluding carboxylic acids is 3. The number of hydrogen-bond acceptors (Lipinski definition) is 8. The average Bonchev–Trinajstić information content (AvgIpc) is 3.47. The van der Waals surface area contributed by atoms with Crippen LogP contribution in [0.15, 0.2) is 48.8 Å². The largest absolute Gasteiger partial charge is 0.493 e. The number of ether oxygens (including phenoxy) is 2. The fraction of sp³-hybridized carbons (Fsp3) is 0.375. The monoisotopic (exact) mass is 599 g/mol. The van der Waals surface area contributed by atoms with Crippen LogP contribution in [0.25, 0.3) is 22.4 Å². The van der Waals surface area contributed by atoms with Crippen molar-refractivity contribution in [1.82, 2.24) is 35.1 Å². The highest BCUT2D eigenvalue weighted by atomic mass is 16.5. The van der Waals surface area contributed by atoms with Crippen LogP contribution in [0, 0.1) is 19.8 Å². The van der Waals surface area contributed by atoms with E-state index >= 15 is 0 Å². The zero-order valence-electron chi connectivity index (χ0n) is 25.6. The third kappa shape index (κ3) is 6.64. The van der Waals surface area contributed by atoms with E-state index in [-0.39, 0.29) is 37.4 Å². The second kappa shape index (κ2) is 13.1. The summed E-state index contributed by atoms with van der Waals surface area (Å²) in [5.74, 6) is 0.373. The molecule has 1 aliphatic rings. The molecule has 0 saturated heterocycles. The number of nitrogens with one attached hydrogen (secondary N) is 2. The number of fused-ring (bicyclic) bond motifs is 5. The van der Waals surface area contributed by atoms with Crippen molar-refractivity contribution < 1.29 is 23.9 Å². The summed E-state index contributed by atoms with van der Waals surface area (Å²) < 4.78 is 13.6. The lowest BCUT2D eigenvalue weighted by Gasteiger charge is -2.26. The number of amides is 3. The van der Waals surface area contributed by atoms with Crippen LogP contribution in [0.4, 0.5) is 0 Å². The molecule has 1 atom stereocenters. The topological polar surface area (TPSA) is 141 Å². The van der Waals surface area contributed by atoms with Gasteiger partial charge in [-0.3, -0.25) is 14.4 Å². The normalized spacial score (nSPS) is 16.5. The minimum absolute atomic E-state index is 0.0764. The smallest absolute Gasteiger partial charge is 0.254 e. The molecule has 2 N–H and O–H groups in total. The number of nitrogens with zero attached hydrogens (tertiary/aromatic N) is 5. The van der Waals surface area contributed by atoms with E-state index in [1.807, 2.05) is 50.6 Å². The molecule has 3 heterocycles. The quantitative estimate of drug-likeness (QED) is 0.366. The first-order chi connectivity index (χ1) is 21.1. The lowest BCUT2D eigenvalue weighted by atomic mass is 10.0. The maximum absolute atomic E-state index is 13.8. The predicted molar refractivity (Wildman–Crippen MR) is 164 cm³/mol. The molecule has 0 aliphatic carbocycles. The molecule has 1 aliphatic heterocycles. The number of aromatic nitrogens is 4. The van der Waals surface area contributed by atoms with Gasteiger partial charge >= 0.3 is 0 Å². The Kier molecular flexibility index (Phi) is 9.07. The van der Waals surface area contributed by atoms with Gasteiger partial charge in [0.1, 0.15) is 18.5 Å². The van der Waals surface area contributed by atoms with Crippen molar-refractivity contribution in [2.75, 3.05) is 33.4 Å². The molecule has 0 radical (unpaired) electrons. The fourth-order valence-corrected chi connectivity index (χ4v) is 5.08. The Morgan fingerprint density at radius 2 is 1.82 bits per heavy atom. The third-order valence-electron chi connectivity index (χ3n) is 7.62. The maximum atomic E-state index is 13.8. The van der Waals surface area contributed by atoms with Crippen molar-refractivity contribution in [2.45, 2.75) is 40.3 Å². The summed E-state index contributed by atoms with van der Waals surface area (Å²) in [4.78, 5) is 55.4. The minimum atomic E-state index is -0.782. The van der Waals surface area contributed by atoms with Crippen LogP contribution in [0.2, 0.25) is 0 Å². The van der Waals surface area contributed by atoms with Crippen LogP contribution in [0.3, 0.4) is 0 Å². The summed E-state index contributed by atoms with van der Waals surface area (Å²) in [6.45, 7) is 8.15. The first-order valence-electron chi connectivity index (χ1n) is 14.6. The van der Waals surface area contributed by atoms with Crippen molar-refractivity contribution in [3.63, 3.8) is 0 Å². The first kappa shape index (κ1) is 30.5. The standard InChI is InChI=1S/C32H37N7O5/c1-19(2)29-31(41)34-11-13-38-12-10-33-30(38)22-7-9-26(43-5)27(17-22)44-15-14-39(18-28(40)37-29)32(42)23-6-8-24-25(16-23)36-21(4)20(3)35-24/h6-10,12,16-17,19,29H,11,13-15,18H2,1-5H3,(H,34,41)(H,37,40)/t29-/m1/s1. The van der Waals surface area contributed by atoms with Gasteiger partial charge in [-0.25, -0.2) is 15.0 Å². The Morgan fingerprint density at radius 1 is 1.05 bits per heavy atom. The van der Waals surface area contributed by atoms with E-state index in [1.165, 1.54) is 4.90 Å². The summed E-state index contributed by atoms with van der Waals surface area (Å²) in [5.41, 5.74) is 4.00. The molecule has 0 spiro atoms. The van der Waals surface area contributed by atoms with Gasteiger partial charge in [0.25, 0.3) is 5.91 Å². The lowest BCUT2D eigenvalue weighted by Crippen LogP contribution is -2.53. The van der Waals surface area contributed by atoms with E-state index < -0.39 is 11.9 Å². The molecule has 0 unspecified atom stereocenters. The zero-order valence-corrected chi connectivity index (χ0v) is 25.6. The van der Waals surface area contributed by atoms with E-state index in [0.29, 0.717) is 47.0 Å². The van der Waals surface area contributed by atoms with Crippen molar-refractivity contribution >= 4 is 28.8 Å². The Morgan fingerprint density at radius 3 is 2.57 bits per heavy atom. The second-order valence-electron chi connectivity index (χ2n) is 11.1. The molecular weight excluding hydrogens is 562 g/mol. The van der Waals surface area contributed by atoms with Crippen molar-refractivity contribution in [3.8, 4) is 22.9 Å². The molecule has 2 aromatic carbocycles. The van der Waals surface area contributed by atoms with Crippen LogP contribution < -0.4 is 20.1 Å². The number of carbonyl (C=O) groups is 3. The van der Waals surface area contributed by atoms with Gasteiger partial charge in [0.2, 0.25) is 11.8 Å². The lowest BCUT2D eigenvalue weighted by molar-refractivity contribution is -0.130. The van der Waals surface area contributed by atoms with Gasteiger partial charge in [-0.15, -0.1) is 0 Å². The summed E-state index contributed by atoms with van der Waals surface area (Å²) >= 11 is 0. The van der Waals surface area contributed by atoms with Crippen molar-refractivity contribution in [2.24, 2.45) is 5.92 Å². The van der Waals surface area contributed by atoms with E-state index in [4.69, 9.17) is 9.47 Å². The summed E-state index contributed by atoms with van der Waals surface area (Å²) in [7, 11) is 1.55. The fourth-order valence-electron chi connectivity index (χ4n) is 5.08. The highest BCUT2D eigenvalue weighted by Gasteiger charge is 2.27. The highest BCUT2D eigenvalue weighted by molar-refractivity contribution is 5.99. The van der Waals surface area contributed by atoms with E-state index in [2.05, 4.69) is 25.6 Å². The van der Waals surface area contributed by atoms with Gasteiger partial charge in [0, 0.05) is 36.6 Å². The summed E-state index contributed by atoms with van der Waals surface area (Å²) in [6, 6.07) is 9.83. The van der Waals surface area contributed by atoms with Gasteiger partial charge in [0.05, 0.1) is 42.6 Å². The molecule has 2 aromatic heterocycles. The Labute approximate surface area is 255 Å². The summed E-state index contributed by atoms with van der Waals surface area (Å²) in [5, 5.41) is 5.76. The Hall–Kier alpha value is -5.00. The van der Waals surface area contributed by atoms with Crippen LogP contribution in [0.5, 0.6) is 11.5 Å². The van der Waals surface area contributed by atoms with Gasteiger partial charge in [-0.1, -0.05) is 13.8 Å². The molecule has 230 valence electrons. The molecule has 12 nitrogen and oxygen atoms in total. The molecule has 44 heavy (non-hydrogen) atoms. The molecule has 0 saturated carbocycles. The molecule has 0 fully saturated rings. The third-order valence-corrected chi connectivity index (χ3v) is 7.62. The number of benzene rings is 2. The minimum Gasteiger partial charge on any atom is -0.493 e. The van der Waals surface area contributed by atoms with Crippen molar-refractivity contribution in [1.29, 1.82) is 0 Å². The van der Waals surface area contributed by atoms with E-state index in [1.54, 1.807) is 37.6 Å². The first-order valence-corrected chi connectivity index (χ1v) is 14.6.